The normalized spacial score (nSPS) is 14.6. The van der Waals surface area contributed by atoms with E-state index < -0.39 is 8.32 Å². The van der Waals surface area contributed by atoms with Gasteiger partial charge < -0.3 is 4.43 Å². The Balaban J connectivity index is 3.89. The van der Waals surface area contributed by atoms with Crippen LogP contribution in [0.15, 0.2) is 0 Å². The molecule has 0 aliphatic rings. The van der Waals surface area contributed by atoms with Gasteiger partial charge >= 0.3 is 0 Å². The van der Waals surface area contributed by atoms with Crippen LogP contribution in [-0.4, -0.2) is 14.9 Å². The van der Waals surface area contributed by atoms with E-state index in [1.54, 1.807) is 0 Å². The van der Waals surface area contributed by atoms with Gasteiger partial charge in [0.15, 0.2) is 8.32 Å². The lowest BCUT2D eigenvalue weighted by Gasteiger charge is -2.24. The summed E-state index contributed by atoms with van der Waals surface area (Å²) < 4.78 is 6.03. The molecule has 0 bridgehead atoms. The highest BCUT2D eigenvalue weighted by molar-refractivity contribution is 6.69. The van der Waals surface area contributed by atoms with Crippen molar-refractivity contribution in [3.63, 3.8) is 0 Å². The summed E-state index contributed by atoms with van der Waals surface area (Å²) in [6.45, 7) is 14.7. The predicted molar refractivity (Wildman–Crippen MR) is 71.8 cm³/mol. The molecule has 0 N–H and O–H groups in total. The molecule has 0 aromatic carbocycles. The van der Waals surface area contributed by atoms with Crippen LogP contribution in [0.4, 0.5) is 0 Å². The second kappa shape index (κ2) is 7.45. The summed E-state index contributed by atoms with van der Waals surface area (Å²) in [5.74, 6) is 1.59. The minimum atomic E-state index is -1.31. The fourth-order valence-corrected chi connectivity index (χ4v) is 2.53. The summed E-state index contributed by atoms with van der Waals surface area (Å²) in [6, 6.07) is 0. The molecule has 0 aliphatic carbocycles. The molecule has 1 nitrogen and oxygen atoms in total. The van der Waals surface area contributed by atoms with Crippen molar-refractivity contribution in [1.82, 2.24) is 0 Å². The molecule has 0 aromatic rings. The standard InChI is InChI=1S/C13H30OSi/c1-7-8-9-13(10-12(2)3)11-14-15(4,5)6/h12-13H,7-11H2,1-6H3. The molecule has 15 heavy (non-hydrogen) atoms. The molecule has 0 spiro atoms. The summed E-state index contributed by atoms with van der Waals surface area (Å²) in [5, 5.41) is 0. The maximum absolute atomic E-state index is 6.03. The highest BCUT2D eigenvalue weighted by atomic mass is 28.4. The van der Waals surface area contributed by atoms with Crippen molar-refractivity contribution in [3.05, 3.63) is 0 Å². The largest absolute Gasteiger partial charge is 0.417 e. The lowest BCUT2D eigenvalue weighted by atomic mass is 9.93. The molecule has 0 saturated carbocycles. The van der Waals surface area contributed by atoms with Gasteiger partial charge in [0, 0.05) is 6.61 Å². The van der Waals surface area contributed by atoms with Crippen LogP contribution >= 0.6 is 0 Å². The van der Waals surface area contributed by atoms with E-state index in [1.165, 1.54) is 25.7 Å². The number of rotatable bonds is 8. The number of hydrogen-bond acceptors (Lipinski definition) is 1. The molecular formula is C13H30OSi. The average Bonchev–Trinajstić information content (AvgIpc) is 2.07. The van der Waals surface area contributed by atoms with Gasteiger partial charge in [-0.25, -0.2) is 0 Å². The number of unbranched alkanes of at least 4 members (excludes halogenated alkanes) is 1. The Kier molecular flexibility index (Phi) is 7.54. The Bertz CT molecular complexity index is 149. The molecule has 0 heterocycles. The molecule has 0 aromatic heterocycles. The number of hydrogen-bond donors (Lipinski definition) is 0. The van der Waals surface area contributed by atoms with Crippen molar-refractivity contribution in [2.24, 2.45) is 11.8 Å². The molecule has 0 rings (SSSR count). The van der Waals surface area contributed by atoms with E-state index in [2.05, 4.69) is 40.4 Å². The Morgan fingerprint density at radius 2 is 1.73 bits per heavy atom. The SMILES string of the molecule is CCCCC(CO[Si](C)(C)C)CC(C)C. The Hall–Kier alpha value is 0.177. The van der Waals surface area contributed by atoms with E-state index in [4.69, 9.17) is 4.43 Å². The predicted octanol–water partition coefficient (Wildman–Crippen LogP) is 4.69. The molecule has 0 fully saturated rings. The van der Waals surface area contributed by atoms with Crippen LogP contribution in [0.1, 0.15) is 46.5 Å². The van der Waals surface area contributed by atoms with Gasteiger partial charge in [-0.3, -0.25) is 0 Å². The topological polar surface area (TPSA) is 9.23 Å². The van der Waals surface area contributed by atoms with Crippen molar-refractivity contribution in [1.29, 1.82) is 0 Å². The molecule has 2 heteroatoms. The minimum absolute atomic E-state index is 0.789. The zero-order valence-electron chi connectivity index (χ0n) is 11.6. The van der Waals surface area contributed by atoms with E-state index in [0.29, 0.717) is 0 Å². The van der Waals surface area contributed by atoms with Crippen molar-refractivity contribution < 1.29 is 4.43 Å². The zero-order chi connectivity index (χ0) is 11.9. The zero-order valence-corrected chi connectivity index (χ0v) is 12.6. The van der Waals surface area contributed by atoms with Crippen molar-refractivity contribution in [3.8, 4) is 0 Å². The maximum atomic E-state index is 6.03. The van der Waals surface area contributed by atoms with Gasteiger partial charge in [0.25, 0.3) is 0 Å². The lowest BCUT2D eigenvalue weighted by Crippen LogP contribution is -2.29. The summed E-state index contributed by atoms with van der Waals surface area (Å²) in [6.07, 6.45) is 5.33. The molecule has 0 saturated heterocycles. The summed E-state index contributed by atoms with van der Waals surface area (Å²) in [4.78, 5) is 0. The van der Waals surface area contributed by atoms with Gasteiger partial charge in [0.05, 0.1) is 0 Å². The molecule has 0 radical (unpaired) electrons. The first kappa shape index (κ1) is 15.2. The smallest absolute Gasteiger partial charge is 0.183 e. The van der Waals surface area contributed by atoms with Crippen LogP contribution in [-0.2, 0) is 4.43 Å². The van der Waals surface area contributed by atoms with Gasteiger partial charge in [0.1, 0.15) is 0 Å². The van der Waals surface area contributed by atoms with Crippen LogP contribution in [0.2, 0.25) is 19.6 Å². The van der Waals surface area contributed by atoms with E-state index in [9.17, 15) is 0 Å². The summed E-state index contributed by atoms with van der Waals surface area (Å²) in [5.41, 5.74) is 0. The molecule has 92 valence electrons. The van der Waals surface area contributed by atoms with E-state index in [1.807, 2.05) is 0 Å². The minimum Gasteiger partial charge on any atom is -0.417 e. The fourth-order valence-electron chi connectivity index (χ4n) is 1.80. The van der Waals surface area contributed by atoms with E-state index in [-0.39, 0.29) is 0 Å². The second-order valence-electron chi connectivity index (χ2n) is 6.06. The Morgan fingerprint density at radius 3 is 2.13 bits per heavy atom. The third-order valence-corrected chi connectivity index (χ3v) is 3.56. The van der Waals surface area contributed by atoms with Gasteiger partial charge in [-0.2, -0.15) is 0 Å². The van der Waals surface area contributed by atoms with Gasteiger partial charge in [-0.1, -0.05) is 33.6 Å². The maximum Gasteiger partial charge on any atom is 0.183 e. The molecule has 0 amide bonds. The molecule has 1 atom stereocenters. The molecular weight excluding hydrogens is 200 g/mol. The van der Waals surface area contributed by atoms with Crippen LogP contribution in [0.25, 0.3) is 0 Å². The monoisotopic (exact) mass is 230 g/mol. The second-order valence-corrected chi connectivity index (χ2v) is 10.6. The van der Waals surface area contributed by atoms with E-state index >= 15 is 0 Å². The van der Waals surface area contributed by atoms with Crippen LogP contribution in [0, 0.1) is 11.8 Å². The Labute approximate surface area is 97.7 Å². The Morgan fingerprint density at radius 1 is 1.13 bits per heavy atom. The third kappa shape index (κ3) is 10.5. The fraction of sp³-hybridized carbons (Fsp3) is 1.00. The quantitative estimate of drug-likeness (QED) is 0.550. The van der Waals surface area contributed by atoms with E-state index in [0.717, 1.165) is 18.4 Å². The lowest BCUT2D eigenvalue weighted by molar-refractivity contribution is 0.209. The molecule has 0 aliphatic heterocycles. The first-order chi connectivity index (χ1) is 6.85. The van der Waals surface area contributed by atoms with Crippen LogP contribution in [0.5, 0.6) is 0 Å². The van der Waals surface area contributed by atoms with Crippen molar-refractivity contribution in [2.75, 3.05) is 6.61 Å². The van der Waals surface area contributed by atoms with Gasteiger partial charge in [-0.15, -0.1) is 0 Å². The highest BCUT2D eigenvalue weighted by Gasteiger charge is 2.18. The van der Waals surface area contributed by atoms with Crippen molar-refractivity contribution in [2.45, 2.75) is 66.1 Å². The first-order valence-electron chi connectivity index (χ1n) is 6.49. The van der Waals surface area contributed by atoms with Gasteiger partial charge in [-0.05, 0) is 44.3 Å². The summed E-state index contributed by atoms with van der Waals surface area (Å²) >= 11 is 0. The molecule has 1 unspecified atom stereocenters. The van der Waals surface area contributed by atoms with Gasteiger partial charge in [0.2, 0.25) is 0 Å². The first-order valence-corrected chi connectivity index (χ1v) is 9.90. The summed E-state index contributed by atoms with van der Waals surface area (Å²) in [7, 11) is -1.31. The third-order valence-electron chi connectivity index (χ3n) is 2.52. The average molecular weight is 230 g/mol. The van der Waals surface area contributed by atoms with Crippen LogP contribution < -0.4 is 0 Å². The van der Waals surface area contributed by atoms with Crippen LogP contribution in [0.3, 0.4) is 0 Å². The highest BCUT2D eigenvalue weighted by Crippen LogP contribution is 2.20. The van der Waals surface area contributed by atoms with Crippen molar-refractivity contribution >= 4 is 8.32 Å².